The lowest BCUT2D eigenvalue weighted by atomic mass is 9.85. The zero-order valence-corrected chi connectivity index (χ0v) is 12.7. The monoisotopic (exact) mass is 294 g/mol. The molecule has 0 spiro atoms. The van der Waals surface area contributed by atoms with E-state index < -0.39 is 0 Å². The molecule has 1 saturated carbocycles. The van der Waals surface area contributed by atoms with Gasteiger partial charge in [0.25, 0.3) is 0 Å². The van der Waals surface area contributed by atoms with Crippen molar-refractivity contribution in [2.24, 2.45) is 5.92 Å². The van der Waals surface area contributed by atoms with E-state index in [1.54, 1.807) is 0 Å². The largest absolute Gasteiger partial charge is 0.303 e. The van der Waals surface area contributed by atoms with Crippen LogP contribution >= 0.6 is 11.3 Å². The minimum atomic E-state index is -0.0541. The highest BCUT2D eigenvalue weighted by Crippen LogP contribution is 2.33. The van der Waals surface area contributed by atoms with E-state index in [1.807, 2.05) is 0 Å². The summed E-state index contributed by atoms with van der Waals surface area (Å²) in [7, 11) is 0. The first-order chi connectivity index (χ1) is 9.76. The predicted octanol–water partition coefficient (Wildman–Crippen LogP) is 2.35. The summed E-state index contributed by atoms with van der Waals surface area (Å²) >= 11 is 1.49. The van der Waals surface area contributed by atoms with Crippen molar-refractivity contribution >= 4 is 22.4 Å². The van der Waals surface area contributed by atoms with Gasteiger partial charge in [-0.15, -0.1) is 10.2 Å². The lowest BCUT2D eigenvalue weighted by Gasteiger charge is -2.24. The normalized spacial score (nSPS) is 29.1. The van der Waals surface area contributed by atoms with Crippen LogP contribution in [0.1, 0.15) is 50.5 Å². The Hall–Kier alpha value is -1.01. The molecule has 110 valence electrons. The average molecular weight is 294 g/mol. The van der Waals surface area contributed by atoms with E-state index in [0.29, 0.717) is 17.1 Å². The molecular weight excluding hydrogens is 272 g/mol. The van der Waals surface area contributed by atoms with Crippen molar-refractivity contribution in [1.29, 1.82) is 0 Å². The standard InChI is InChI=1S/C14H22N4OS/c1-2-5-12-17-18-14(20-12)16-13(19)11-8-9-6-3-4-7-10(9)15-11/h9-11,15H,2-8H2,1H3,(H,16,18,19). The van der Waals surface area contributed by atoms with Crippen LogP contribution in [0.3, 0.4) is 0 Å². The molecule has 1 aromatic rings. The lowest BCUT2D eigenvalue weighted by Crippen LogP contribution is -2.39. The maximum atomic E-state index is 12.3. The Morgan fingerprint density at radius 3 is 3.05 bits per heavy atom. The molecule has 3 atom stereocenters. The van der Waals surface area contributed by atoms with E-state index in [-0.39, 0.29) is 11.9 Å². The topological polar surface area (TPSA) is 66.9 Å². The molecule has 20 heavy (non-hydrogen) atoms. The van der Waals surface area contributed by atoms with E-state index in [2.05, 4.69) is 27.8 Å². The van der Waals surface area contributed by atoms with E-state index in [0.717, 1.165) is 24.3 Å². The minimum absolute atomic E-state index is 0.0541. The van der Waals surface area contributed by atoms with Crippen molar-refractivity contribution in [3.63, 3.8) is 0 Å². The van der Waals surface area contributed by atoms with Gasteiger partial charge in [-0.1, -0.05) is 31.1 Å². The van der Waals surface area contributed by atoms with Crippen LogP contribution in [0.15, 0.2) is 0 Å². The van der Waals surface area contributed by atoms with E-state index >= 15 is 0 Å². The third kappa shape index (κ3) is 3.01. The van der Waals surface area contributed by atoms with Crippen molar-refractivity contribution < 1.29 is 4.79 Å². The number of aryl methyl sites for hydroxylation is 1. The third-order valence-electron chi connectivity index (χ3n) is 4.34. The van der Waals surface area contributed by atoms with E-state index in [4.69, 9.17) is 0 Å². The molecule has 2 fully saturated rings. The van der Waals surface area contributed by atoms with Crippen LogP contribution in [0, 0.1) is 5.92 Å². The fourth-order valence-electron chi connectivity index (χ4n) is 3.33. The first-order valence-corrected chi connectivity index (χ1v) is 8.47. The molecule has 2 heterocycles. The summed E-state index contributed by atoms with van der Waals surface area (Å²) in [6.45, 7) is 2.11. The zero-order chi connectivity index (χ0) is 13.9. The van der Waals surface area contributed by atoms with Gasteiger partial charge in [0.2, 0.25) is 11.0 Å². The van der Waals surface area contributed by atoms with Gasteiger partial charge >= 0.3 is 0 Å². The van der Waals surface area contributed by atoms with Crippen LogP contribution in [-0.4, -0.2) is 28.2 Å². The summed E-state index contributed by atoms with van der Waals surface area (Å²) in [5.74, 6) is 0.739. The second-order valence-corrected chi connectivity index (χ2v) is 6.91. The maximum absolute atomic E-state index is 12.3. The number of hydrogen-bond donors (Lipinski definition) is 2. The summed E-state index contributed by atoms with van der Waals surface area (Å²) in [6, 6.07) is 0.492. The van der Waals surface area contributed by atoms with Gasteiger partial charge < -0.3 is 5.32 Å². The number of nitrogens with zero attached hydrogens (tertiary/aromatic N) is 2. The molecule has 1 amide bonds. The molecule has 2 aliphatic rings. The molecule has 1 aliphatic heterocycles. The summed E-state index contributed by atoms with van der Waals surface area (Å²) < 4.78 is 0. The SMILES string of the molecule is CCCc1nnc(NC(=O)C2CC3CCCCC3N2)s1. The first-order valence-electron chi connectivity index (χ1n) is 7.65. The van der Waals surface area contributed by atoms with Crippen molar-refractivity contribution in [3.8, 4) is 0 Å². The second kappa shape index (κ2) is 6.18. The van der Waals surface area contributed by atoms with Gasteiger partial charge in [-0.05, 0) is 31.6 Å². The van der Waals surface area contributed by atoms with E-state index in [9.17, 15) is 4.79 Å². The molecule has 5 nitrogen and oxygen atoms in total. The number of rotatable bonds is 4. The number of hydrogen-bond acceptors (Lipinski definition) is 5. The molecule has 1 aliphatic carbocycles. The highest BCUT2D eigenvalue weighted by Gasteiger charge is 2.38. The molecule has 0 aromatic carbocycles. The minimum Gasteiger partial charge on any atom is -0.303 e. The molecule has 3 unspecified atom stereocenters. The van der Waals surface area contributed by atoms with Crippen LogP contribution < -0.4 is 10.6 Å². The highest BCUT2D eigenvalue weighted by molar-refractivity contribution is 7.15. The summed E-state index contributed by atoms with van der Waals surface area (Å²) in [5.41, 5.74) is 0. The molecule has 6 heteroatoms. The predicted molar refractivity (Wildman–Crippen MR) is 79.8 cm³/mol. The fourth-order valence-corrected chi connectivity index (χ4v) is 4.18. The molecule has 0 radical (unpaired) electrons. The Bertz CT molecular complexity index is 461. The Morgan fingerprint density at radius 1 is 1.40 bits per heavy atom. The second-order valence-electron chi connectivity index (χ2n) is 5.85. The van der Waals surface area contributed by atoms with Gasteiger partial charge in [-0.3, -0.25) is 10.1 Å². The number of aromatic nitrogens is 2. The Morgan fingerprint density at radius 2 is 2.25 bits per heavy atom. The number of fused-ring (bicyclic) bond motifs is 1. The summed E-state index contributed by atoms with van der Waals surface area (Å²) in [4.78, 5) is 12.3. The molecule has 2 N–H and O–H groups in total. The van der Waals surface area contributed by atoms with Crippen LogP contribution in [-0.2, 0) is 11.2 Å². The average Bonchev–Trinajstić information content (AvgIpc) is 3.05. The van der Waals surface area contributed by atoms with Crippen LogP contribution in [0.5, 0.6) is 0 Å². The summed E-state index contributed by atoms with van der Waals surface area (Å²) in [5, 5.41) is 16.2. The number of anilines is 1. The van der Waals surface area contributed by atoms with Crippen LogP contribution in [0.2, 0.25) is 0 Å². The van der Waals surface area contributed by atoms with Gasteiger partial charge in [-0.25, -0.2) is 0 Å². The molecule has 3 rings (SSSR count). The third-order valence-corrected chi connectivity index (χ3v) is 5.24. The number of nitrogens with one attached hydrogen (secondary N) is 2. The van der Waals surface area contributed by atoms with E-state index in [1.165, 1.54) is 37.0 Å². The summed E-state index contributed by atoms with van der Waals surface area (Å²) in [6.07, 6.45) is 8.04. The Kier molecular flexibility index (Phi) is 4.31. The number of amides is 1. The Balaban J connectivity index is 1.56. The molecular formula is C14H22N4OS. The number of carbonyl (C=O) groups is 1. The van der Waals surface area contributed by atoms with Crippen LogP contribution in [0.4, 0.5) is 5.13 Å². The maximum Gasteiger partial charge on any atom is 0.243 e. The van der Waals surface area contributed by atoms with Gasteiger partial charge in [-0.2, -0.15) is 0 Å². The van der Waals surface area contributed by atoms with Crippen molar-refractivity contribution in [2.75, 3.05) is 5.32 Å². The molecule has 1 saturated heterocycles. The van der Waals surface area contributed by atoms with Gasteiger partial charge in [0.15, 0.2) is 0 Å². The number of carbonyl (C=O) groups excluding carboxylic acids is 1. The van der Waals surface area contributed by atoms with Crippen molar-refractivity contribution in [3.05, 3.63) is 5.01 Å². The van der Waals surface area contributed by atoms with Crippen molar-refractivity contribution in [1.82, 2.24) is 15.5 Å². The zero-order valence-electron chi connectivity index (χ0n) is 11.9. The molecule has 0 bridgehead atoms. The quantitative estimate of drug-likeness (QED) is 0.894. The van der Waals surface area contributed by atoms with Gasteiger partial charge in [0.1, 0.15) is 5.01 Å². The van der Waals surface area contributed by atoms with Gasteiger partial charge in [0.05, 0.1) is 6.04 Å². The first kappa shape index (κ1) is 13.9. The fraction of sp³-hybridized carbons (Fsp3) is 0.786. The van der Waals surface area contributed by atoms with Crippen molar-refractivity contribution in [2.45, 2.75) is 64.0 Å². The van der Waals surface area contributed by atoms with Crippen LogP contribution in [0.25, 0.3) is 0 Å². The molecule has 1 aromatic heterocycles. The smallest absolute Gasteiger partial charge is 0.243 e. The Labute approximate surface area is 123 Å². The van der Waals surface area contributed by atoms with Gasteiger partial charge in [0, 0.05) is 12.5 Å². The highest BCUT2D eigenvalue weighted by atomic mass is 32.1. The lowest BCUT2D eigenvalue weighted by molar-refractivity contribution is -0.117.